The third-order valence-corrected chi connectivity index (χ3v) is 2.49. The van der Waals surface area contributed by atoms with Gasteiger partial charge in [0.05, 0.1) is 11.4 Å². The van der Waals surface area contributed by atoms with Crippen LogP contribution < -0.4 is 5.32 Å². The van der Waals surface area contributed by atoms with Gasteiger partial charge in [0.1, 0.15) is 0 Å². The van der Waals surface area contributed by atoms with Crippen LogP contribution >= 0.6 is 15.9 Å². The maximum absolute atomic E-state index is 10.9. The van der Waals surface area contributed by atoms with E-state index < -0.39 is 0 Å². The normalized spacial score (nSPS) is 27.8. The van der Waals surface area contributed by atoms with E-state index in [1.54, 1.807) is 0 Å². The zero-order chi connectivity index (χ0) is 8.97. The predicted molar refractivity (Wildman–Crippen MR) is 50.4 cm³/mol. The largest absolute Gasteiger partial charge is 0.378 e. The Morgan fingerprint density at radius 3 is 2.83 bits per heavy atom. The Kier molecular flexibility index (Phi) is 4.01. The molecule has 12 heavy (non-hydrogen) atoms. The van der Waals surface area contributed by atoms with Gasteiger partial charge < -0.3 is 10.1 Å². The second-order valence-electron chi connectivity index (χ2n) is 2.95. The molecule has 1 amide bonds. The van der Waals surface area contributed by atoms with E-state index in [4.69, 9.17) is 4.74 Å². The van der Waals surface area contributed by atoms with E-state index in [9.17, 15) is 4.79 Å². The first-order valence-corrected chi connectivity index (χ1v) is 5.35. The SMILES string of the molecule is CCOC1CC(NC(=O)CBr)C1. The Hall–Kier alpha value is -0.0900. The van der Waals surface area contributed by atoms with Crippen LogP contribution in [0.5, 0.6) is 0 Å². The summed E-state index contributed by atoms with van der Waals surface area (Å²) in [5.41, 5.74) is 0. The van der Waals surface area contributed by atoms with Gasteiger partial charge in [-0.25, -0.2) is 0 Å². The summed E-state index contributed by atoms with van der Waals surface area (Å²) in [4.78, 5) is 10.9. The lowest BCUT2D eigenvalue weighted by Gasteiger charge is -2.35. The van der Waals surface area contributed by atoms with E-state index in [1.165, 1.54) is 0 Å². The fraction of sp³-hybridized carbons (Fsp3) is 0.875. The average Bonchev–Trinajstić information content (AvgIpc) is 2.00. The Balaban J connectivity index is 2.05. The summed E-state index contributed by atoms with van der Waals surface area (Å²) in [5.74, 6) is 0.0648. The molecule has 70 valence electrons. The highest BCUT2D eigenvalue weighted by Crippen LogP contribution is 2.22. The van der Waals surface area contributed by atoms with E-state index >= 15 is 0 Å². The summed E-state index contributed by atoms with van der Waals surface area (Å²) in [6, 6.07) is 0.339. The summed E-state index contributed by atoms with van der Waals surface area (Å²) in [7, 11) is 0. The Morgan fingerprint density at radius 2 is 2.33 bits per heavy atom. The van der Waals surface area contributed by atoms with Gasteiger partial charge in [0.25, 0.3) is 0 Å². The molecule has 3 nitrogen and oxygen atoms in total. The predicted octanol–water partition coefficient (Wildman–Crippen LogP) is 1.06. The first kappa shape index (κ1) is 9.99. The maximum Gasteiger partial charge on any atom is 0.230 e. The Bertz CT molecular complexity index is 157. The van der Waals surface area contributed by atoms with Gasteiger partial charge in [-0.2, -0.15) is 0 Å². The number of carbonyl (C=O) groups excluding carboxylic acids is 1. The molecule has 0 aliphatic heterocycles. The second-order valence-corrected chi connectivity index (χ2v) is 3.51. The number of carbonyl (C=O) groups is 1. The molecule has 0 radical (unpaired) electrons. The summed E-state index contributed by atoms with van der Waals surface area (Å²) in [6.07, 6.45) is 2.30. The van der Waals surface area contributed by atoms with Crippen molar-refractivity contribution in [3.63, 3.8) is 0 Å². The fourth-order valence-corrected chi connectivity index (χ4v) is 1.48. The summed E-state index contributed by atoms with van der Waals surface area (Å²) in [6.45, 7) is 2.76. The van der Waals surface area contributed by atoms with E-state index in [1.807, 2.05) is 6.92 Å². The molecule has 1 N–H and O–H groups in total. The molecule has 4 heteroatoms. The lowest BCUT2D eigenvalue weighted by Crippen LogP contribution is -2.48. The minimum atomic E-state index is 0.0648. The van der Waals surface area contributed by atoms with Crippen molar-refractivity contribution in [2.24, 2.45) is 0 Å². The van der Waals surface area contributed by atoms with E-state index in [-0.39, 0.29) is 5.91 Å². The van der Waals surface area contributed by atoms with Crippen molar-refractivity contribution >= 4 is 21.8 Å². The number of ether oxygens (including phenoxy) is 1. The van der Waals surface area contributed by atoms with Gasteiger partial charge in [0, 0.05) is 12.6 Å². The number of rotatable bonds is 4. The standard InChI is InChI=1S/C8H14BrNO2/c1-2-12-7-3-6(4-7)10-8(11)5-9/h6-7H,2-5H2,1H3,(H,10,11). The number of amides is 1. The molecule has 0 bridgehead atoms. The molecule has 0 saturated heterocycles. The molecule has 1 aliphatic rings. The molecule has 1 saturated carbocycles. The monoisotopic (exact) mass is 235 g/mol. The highest BCUT2D eigenvalue weighted by Gasteiger charge is 2.30. The van der Waals surface area contributed by atoms with Crippen LogP contribution in [0.1, 0.15) is 19.8 Å². The summed E-state index contributed by atoms with van der Waals surface area (Å²) >= 11 is 3.10. The van der Waals surface area contributed by atoms with Gasteiger partial charge in [-0.3, -0.25) is 4.79 Å². The minimum absolute atomic E-state index is 0.0648. The highest BCUT2D eigenvalue weighted by molar-refractivity contribution is 9.09. The number of halogens is 1. The van der Waals surface area contributed by atoms with Crippen molar-refractivity contribution in [1.29, 1.82) is 0 Å². The van der Waals surface area contributed by atoms with Crippen molar-refractivity contribution in [3.05, 3.63) is 0 Å². The number of hydrogen-bond donors (Lipinski definition) is 1. The van der Waals surface area contributed by atoms with Gasteiger partial charge in [0.2, 0.25) is 5.91 Å². The first-order chi connectivity index (χ1) is 5.76. The molecule has 0 unspecified atom stereocenters. The van der Waals surface area contributed by atoms with Gasteiger partial charge in [0.15, 0.2) is 0 Å². The number of nitrogens with one attached hydrogen (secondary N) is 1. The van der Waals surface area contributed by atoms with E-state index in [0.717, 1.165) is 19.4 Å². The Labute approximate surface area is 81.0 Å². The van der Waals surface area contributed by atoms with Gasteiger partial charge in [-0.05, 0) is 19.8 Å². The van der Waals surface area contributed by atoms with Crippen molar-refractivity contribution in [3.8, 4) is 0 Å². The molecule has 0 aromatic rings. The highest BCUT2D eigenvalue weighted by atomic mass is 79.9. The van der Waals surface area contributed by atoms with Crippen LogP contribution in [-0.2, 0) is 9.53 Å². The molecule has 0 aromatic carbocycles. The van der Waals surface area contributed by atoms with Crippen LogP contribution in [0.3, 0.4) is 0 Å². The molecule has 0 spiro atoms. The Morgan fingerprint density at radius 1 is 1.67 bits per heavy atom. The molecule has 1 aliphatic carbocycles. The van der Waals surface area contributed by atoms with Gasteiger partial charge in [-0.1, -0.05) is 15.9 Å². The molecule has 1 fully saturated rings. The minimum Gasteiger partial charge on any atom is -0.378 e. The lowest BCUT2D eigenvalue weighted by molar-refractivity contribution is -0.121. The van der Waals surface area contributed by atoms with E-state index in [0.29, 0.717) is 17.5 Å². The summed E-state index contributed by atoms with van der Waals surface area (Å²) < 4.78 is 5.36. The molecule has 0 aromatic heterocycles. The zero-order valence-electron chi connectivity index (χ0n) is 7.18. The first-order valence-electron chi connectivity index (χ1n) is 4.23. The van der Waals surface area contributed by atoms with E-state index in [2.05, 4.69) is 21.2 Å². The number of hydrogen-bond acceptors (Lipinski definition) is 2. The van der Waals surface area contributed by atoms with Crippen LogP contribution in [0.15, 0.2) is 0 Å². The van der Waals surface area contributed by atoms with Crippen LogP contribution in [0, 0.1) is 0 Å². The van der Waals surface area contributed by atoms with Crippen molar-refractivity contribution in [2.45, 2.75) is 31.9 Å². The zero-order valence-corrected chi connectivity index (χ0v) is 8.76. The van der Waals surface area contributed by atoms with Crippen LogP contribution in [0.4, 0.5) is 0 Å². The smallest absolute Gasteiger partial charge is 0.230 e. The quantitative estimate of drug-likeness (QED) is 0.741. The van der Waals surface area contributed by atoms with Crippen LogP contribution in [0.2, 0.25) is 0 Å². The molecular formula is C8H14BrNO2. The molecule has 0 atom stereocenters. The molecular weight excluding hydrogens is 222 g/mol. The topological polar surface area (TPSA) is 38.3 Å². The van der Waals surface area contributed by atoms with Crippen LogP contribution in [-0.4, -0.2) is 30.0 Å². The third kappa shape index (κ3) is 2.75. The average molecular weight is 236 g/mol. The van der Waals surface area contributed by atoms with Crippen molar-refractivity contribution in [1.82, 2.24) is 5.32 Å². The fourth-order valence-electron chi connectivity index (χ4n) is 1.32. The lowest BCUT2D eigenvalue weighted by atomic mass is 9.89. The van der Waals surface area contributed by atoms with Crippen LogP contribution in [0.25, 0.3) is 0 Å². The van der Waals surface area contributed by atoms with Crippen molar-refractivity contribution < 1.29 is 9.53 Å². The second kappa shape index (κ2) is 4.82. The number of alkyl halides is 1. The molecule has 1 rings (SSSR count). The molecule has 0 heterocycles. The maximum atomic E-state index is 10.9. The summed E-state index contributed by atoms with van der Waals surface area (Å²) in [5, 5.41) is 3.28. The third-order valence-electron chi connectivity index (χ3n) is 1.98. The van der Waals surface area contributed by atoms with Gasteiger partial charge >= 0.3 is 0 Å². The van der Waals surface area contributed by atoms with Gasteiger partial charge in [-0.15, -0.1) is 0 Å². The van der Waals surface area contributed by atoms with Crippen molar-refractivity contribution in [2.75, 3.05) is 11.9 Å².